The summed E-state index contributed by atoms with van der Waals surface area (Å²) in [7, 11) is 1.86. The number of hydrogen-bond acceptors (Lipinski definition) is 4. The highest BCUT2D eigenvalue weighted by molar-refractivity contribution is 5.75. The molecule has 2 amide bonds. The molecule has 1 saturated heterocycles. The van der Waals surface area contributed by atoms with Crippen LogP contribution in [0.2, 0.25) is 0 Å². The third-order valence-electron chi connectivity index (χ3n) is 5.16. The van der Waals surface area contributed by atoms with Gasteiger partial charge in [0.25, 0.3) is 0 Å². The molecule has 2 aromatic heterocycles. The van der Waals surface area contributed by atoms with Crippen molar-refractivity contribution in [3.63, 3.8) is 0 Å². The summed E-state index contributed by atoms with van der Waals surface area (Å²) in [5, 5.41) is 7.05. The van der Waals surface area contributed by atoms with Crippen molar-refractivity contribution in [2.24, 2.45) is 13.0 Å². The largest absolute Gasteiger partial charge is 0.342 e. The van der Waals surface area contributed by atoms with Gasteiger partial charge in [-0.1, -0.05) is 12.1 Å². The van der Waals surface area contributed by atoms with Crippen molar-refractivity contribution >= 4 is 17.1 Å². The maximum atomic E-state index is 12.5. The predicted molar refractivity (Wildman–Crippen MR) is 102 cm³/mol. The van der Waals surface area contributed by atoms with Gasteiger partial charge in [-0.25, -0.2) is 14.8 Å². The van der Waals surface area contributed by atoms with E-state index in [1.807, 2.05) is 36.2 Å². The minimum Gasteiger partial charge on any atom is -0.342 e. The number of carbonyl (C=O) groups is 1. The minimum absolute atomic E-state index is 0.00599. The fraction of sp³-hybridized carbons (Fsp3) is 0.474. The molecule has 4 rings (SSSR count). The first-order chi connectivity index (χ1) is 13.2. The second-order valence-electron chi connectivity index (χ2n) is 7.14. The molecule has 0 radical (unpaired) electrons. The molecule has 0 bridgehead atoms. The van der Waals surface area contributed by atoms with E-state index >= 15 is 0 Å². The minimum atomic E-state index is 0.00599. The second kappa shape index (κ2) is 7.77. The summed E-state index contributed by atoms with van der Waals surface area (Å²) in [6.07, 6.45) is 5.24. The fourth-order valence-corrected chi connectivity index (χ4v) is 3.73. The number of aryl methyl sites for hydroxylation is 1. The first-order valence-corrected chi connectivity index (χ1v) is 9.48. The van der Waals surface area contributed by atoms with Gasteiger partial charge in [0.2, 0.25) is 0 Å². The van der Waals surface area contributed by atoms with E-state index in [1.165, 1.54) is 6.33 Å². The summed E-state index contributed by atoms with van der Waals surface area (Å²) in [6.45, 7) is 2.15. The normalized spacial score (nSPS) is 17.4. The summed E-state index contributed by atoms with van der Waals surface area (Å²) in [6, 6.07) is 8.08. The first-order valence-electron chi connectivity index (χ1n) is 9.48. The molecule has 1 fully saturated rings. The zero-order valence-electron chi connectivity index (χ0n) is 15.6. The topological polar surface area (TPSA) is 91.7 Å². The van der Waals surface area contributed by atoms with Crippen LogP contribution in [0.3, 0.4) is 0 Å². The summed E-state index contributed by atoms with van der Waals surface area (Å²) >= 11 is 0. The van der Waals surface area contributed by atoms with Crippen LogP contribution in [0, 0.1) is 5.92 Å². The van der Waals surface area contributed by atoms with Gasteiger partial charge in [-0.3, -0.25) is 4.68 Å². The molecule has 1 aliphatic heterocycles. The molecule has 0 saturated carbocycles. The van der Waals surface area contributed by atoms with Gasteiger partial charge in [0.05, 0.1) is 11.0 Å². The Bertz CT molecular complexity index is 883. The molecule has 2 N–H and O–H groups in total. The number of aromatic nitrogens is 5. The maximum absolute atomic E-state index is 12.5. The van der Waals surface area contributed by atoms with Gasteiger partial charge >= 0.3 is 6.03 Å². The molecule has 3 aromatic rings. The molecule has 0 aliphatic carbocycles. The standard InChI is InChI=1S/C19H25N7O/c1-25-18(21-13-22-25)8-9-20-19(27)26-10-4-5-14(12-26)11-17-23-15-6-2-3-7-16(15)24-17/h2-3,6-7,13-14H,4-5,8-12H2,1H3,(H,20,27)(H,23,24). The van der Waals surface area contributed by atoms with Crippen LogP contribution in [0.1, 0.15) is 24.5 Å². The Hall–Kier alpha value is -2.90. The smallest absolute Gasteiger partial charge is 0.317 e. The third-order valence-corrected chi connectivity index (χ3v) is 5.16. The van der Waals surface area contributed by atoms with Crippen LogP contribution in [0.15, 0.2) is 30.6 Å². The Kier molecular flexibility index (Phi) is 5.04. The van der Waals surface area contributed by atoms with Crippen molar-refractivity contribution in [2.45, 2.75) is 25.7 Å². The highest BCUT2D eigenvalue weighted by Crippen LogP contribution is 2.21. The van der Waals surface area contributed by atoms with Crippen molar-refractivity contribution < 1.29 is 4.79 Å². The number of para-hydroxylation sites is 2. The molecule has 8 heteroatoms. The lowest BCUT2D eigenvalue weighted by molar-refractivity contribution is 0.165. The Balaban J connectivity index is 1.29. The van der Waals surface area contributed by atoms with Gasteiger partial charge in [-0.2, -0.15) is 5.10 Å². The molecule has 1 unspecified atom stereocenters. The lowest BCUT2D eigenvalue weighted by Gasteiger charge is -2.32. The van der Waals surface area contributed by atoms with Crippen LogP contribution in [0.25, 0.3) is 11.0 Å². The number of H-pyrrole nitrogens is 1. The van der Waals surface area contributed by atoms with E-state index in [0.717, 1.165) is 55.0 Å². The maximum Gasteiger partial charge on any atom is 0.317 e. The van der Waals surface area contributed by atoms with Crippen molar-refractivity contribution in [2.75, 3.05) is 19.6 Å². The van der Waals surface area contributed by atoms with Crippen LogP contribution in [0.4, 0.5) is 4.79 Å². The monoisotopic (exact) mass is 367 g/mol. The summed E-state index contributed by atoms with van der Waals surface area (Å²) in [5.74, 6) is 2.31. The summed E-state index contributed by atoms with van der Waals surface area (Å²) in [4.78, 5) is 26.7. The number of carbonyl (C=O) groups excluding carboxylic acids is 1. The Morgan fingerprint density at radius 2 is 2.26 bits per heavy atom. The number of nitrogens with zero attached hydrogens (tertiary/aromatic N) is 5. The SMILES string of the molecule is Cn1ncnc1CCNC(=O)N1CCCC(Cc2nc3ccccc3[nH]2)C1. The van der Waals surface area contributed by atoms with Crippen molar-refractivity contribution in [1.82, 2.24) is 34.9 Å². The fourth-order valence-electron chi connectivity index (χ4n) is 3.73. The number of fused-ring (bicyclic) bond motifs is 1. The third kappa shape index (κ3) is 4.10. The lowest BCUT2D eigenvalue weighted by Crippen LogP contribution is -2.46. The van der Waals surface area contributed by atoms with Crippen LogP contribution in [-0.4, -0.2) is 55.3 Å². The van der Waals surface area contributed by atoms with Crippen molar-refractivity contribution in [1.29, 1.82) is 0 Å². The molecule has 1 aromatic carbocycles. The van der Waals surface area contributed by atoms with Gasteiger partial charge in [-0.05, 0) is 30.9 Å². The summed E-state index contributed by atoms with van der Waals surface area (Å²) in [5.41, 5.74) is 2.07. The van der Waals surface area contributed by atoms with E-state index in [9.17, 15) is 4.79 Å². The molecule has 0 spiro atoms. The van der Waals surface area contributed by atoms with E-state index in [1.54, 1.807) is 4.68 Å². The molecule has 8 nitrogen and oxygen atoms in total. The van der Waals surface area contributed by atoms with E-state index in [-0.39, 0.29) is 6.03 Å². The highest BCUT2D eigenvalue weighted by atomic mass is 16.2. The molecule has 1 atom stereocenters. The number of imidazole rings is 1. The molecule has 3 heterocycles. The number of urea groups is 1. The van der Waals surface area contributed by atoms with Crippen molar-refractivity contribution in [3.05, 3.63) is 42.2 Å². The molecule has 1 aliphatic rings. The predicted octanol–water partition coefficient (Wildman–Crippen LogP) is 1.90. The second-order valence-corrected chi connectivity index (χ2v) is 7.14. The Morgan fingerprint density at radius 3 is 3.07 bits per heavy atom. The van der Waals surface area contributed by atoms with E-state index in [2.05, 4.69) is 25.4 Å². The zero-order chi connectivity index (χ0) is 18.6. The highest BCUT2D eigenvalue weighted by Gasteiger charge is 2.24. The summed E-state index contributed by atoms with van der Waals surface area (Å²) < 4.78 is 1.73. The van der Waals surface area contributed by atoms with Gasteiger partial charge in [-0.15, -0.1) is 0 Å². The number of piperidine rings is 1. The Labute approximate surface area is 158 Å². The average Bonchev–Trinajstić information content (AvgIpc) is 3.27. The van der Waals surface area contributed by atoms with Crippen LogP contribution < -0.4 is 5.32 Å². The number of nitrogens with one attached hydrogen (secondary N) is 2. The van der Waals surface area contributed by atoms with E-state index in [0.29, 0.717) is 18.9 Å². The molecule has 142 valence electrons. The van der Waals surface area contributed by atoms with Crippen LogP contribution >= 0.6 is 0 Å². The van der Waals surface area contributed by atoms with Crippen molar-refractivity contribution in [3.8, 4) is 0 Å². The van der Waals surface area contributed by atoms with Gasteiger partial charge < -0.3 is 15.2 Å². The van der Waals surface area contributed by atoms with Crippen LogP contribution in [0.5, 0.6) is 0 Å². The van der Waals surface area contributed by atoms with Gasteiger partial charge in [0.15, 0.2) is 0 Å². The average molecular weight is 367 g/mol. The lowest BCUT2D eigenvalue weighted by atomic mass is 9.95. The number of amides is 2. The Morgan fingerprint density at radius 1 is 1.37 bits per heavy atom. The number of benzene rings is 1. The first kappa shape index (κ1) is 17.5. The van der Waals surface area contributed by atoms with Crippen LogP contribution in [-0.2, 0) is 19.9 Å². The molecule has 27 heavy (non-hydrogen) atoms. The number of rotatable bonds is 5. The van der Waals surface area contributed by atoms with Gasteiger partial charge in [0.1, 0.15) is 18.0 Å². The van der Waals surface area contributed by atoms with E-state index < -0.39 is 0 Å². The van der Waals surface area contributed by atoms with Gasteiger partial charge in [0, 0.05) is 39.5 Å². The number of likely N-dealkylation sites (tertiary alicyclic amines) is 1. The number of hydrogen-bond donors (Lipinski definition) is 2. The zero-order valence-corrected chi connectivity index (χ0v) is 15.6. The molecular weight excluding hydrogens is 342 g/mol. The quantitative estimate of drug-likeness (QED) is 0.720. The van der Waals surface area contributed by atoms with E-state index in [4.69, 9.17) is 0 Å². The number of aromatic amines is 1. The molecular formula is C19H25N7O.